The summed E-state index contributed by atoms with van der Waals surface area (Å²) < 4.78 is 19.0. The minimum absolute atomic E-state index is 0.0716. The van der Waals surface area contributed by atoms with Gasteiger partial charge in [0.1, 0.15) is 17.6 Å². The molecule has 3 nitrogen and oxygen atoms in total. The van der Waals surface area contributed by atoms with Crippen LogP contribution in [0.4, 0.5) is 4.39 Å². The smallest absolute Gasteiger partial charge is 0.343 e. The van der Waals surface area contributed by atoms with E-state index >= 15 is 0 Å². The summed E-state index contributed by atoms with van der Waals surface area (Å²) in [6.45, 7) is 2.30. The largest absolute Gasteiger partial charge is 0.423 e. The van der Waals surface area contributed by atoms with Crippen molar-refractivity contribution in [3.05, 3.63) is 65.0 Å². The van der Waals surface area contributed by atoms with E-state index in [2.05, 4.69) is 6.92 Å². The van der Waals surface area contributed by atoms with Crippen LogP contribution >= 0.6 is 0 Å². The molecule has 2 aromatic rings. The molecule has 31 heavy (non-hydrogen) atoms. The second-order valence-corrected chi connectivity index (χ2v) is 9.26. The summed E-state index contributed by atoms with van der Waals surface area (Å²) in [5, 5.41) is 8.80. The van der Waals surface area contributed by atoms with Crippen molar-refractivity contribution in [2.75, 3.05) is 0 Å². The first kappa shape index (κ1) is 21.6. The van der Waals surface area contributed by atoms with Gasteiger partial charge in [0, 0.05) is 6.07 Å². The Balaban J connectivity index is 1.36. The first-order chi connectivity index (χ1) is 15.1. The number of carbonyl (C=O) groups excluding carboxylic acids is 1. The van der Waals surface area contributed by atoms with Gasteiger partial charge in [-0.25, -0.2) is 9.18 Å². The fraction of sp³-hybridized carbons (Fsp3) is 0.481. The lowest BCUT2D eigenvalue weighted by Crippen LogP contribution is -2.30. The summed E-state index contributed by atoms with van der Waals surface area (Å²) in [6, 6.07) is 13.3. The van der Waals surface area contributed by atoms with Gasteiger partial charge in [-0.1, -0.05) is 38.3 Å². The average Bonchev–Trinajstić information content (AvgIpc) is 2.79. The van der Waals surface area contributed by atoms with E-state index in [9.17, 15) is 9.18 Å². The summed E-state index contributed by atoms with van der Waals surface area (Å²) in [5.74, 6) is 2.16. The zero-order chi connectivity index (χ0) is 21.8. The molecule has 2 aromatic carbocycles. The van der Waals surface area contributed by atoms with Crippen molar-refractivity contribution in [3.8, 4) is 11.8 Å². The van der Waals surface area contributed by atoms with E-state index < -0.39 is 11.8 Å². The summed E-state index contributed by atoms with van der Waals surface area (Å²) >= 11 is 0. The van der Waals surface area contributed by atoms with Gasteiger partial charge < -0.3 is 4.74 Å². The Kier molecular flexibility index (Phi) is 6.70. The SMILES string of the molecule is CCC[C@H]1CC[C@@H]2CC(c3ccc(C(=O)Oc4ccc(C#N)c(F)c4)cc3)CC[C@H]2C1. The lowest BCUT2D eigenvalue weighted by Gasteiger charge is -2.42. The van der Waals surface area contributed by atoms with Gasteiger partial charge in [0.05, 0.1) is 11.1 Å². The zero-order valence-corrected chi connectivity index (χ0v) is 18.1. The number of nitrogens with zero attached hydrogens (tertiary/aromatic N) is 1. The van der Waals surface area contributed by atoms with Crippen molar-refractivity contribution in [1.29, 1.82) is 5.26 Å². The van der Waals surface area contributed by atoms with Gasteiger partial charge in [0.15, 0.2) is 0 Å². The molecule has 2 saturated carbocycles. The highest BCUT2D eigenvalue weighted by Crippen LogP contribution is 2.48. The lowest BCUT2D eigenvalue weighted by atomic mass is 9.63. The maximum atomic E-state index is 13.7. The van der Waals surface area contributed by atoms with Crippen LogP contribution in [-0.2, 0) is 0 Å². The Bertz CT molecular complexity index is 962. The maximum Gasteiger partial charge on any atom is 0.343 e. The number of fused-ring (bicyclic) bond motifs is 1. The Labute approximate surface area is 184 Å². The summed E-state index contributed by atoms with van der Waals surface area (Å²) in [5.41, 5.74) is 1.68. The minimum atomic E-state index is -0.692. The van der Waals surface area contributed by atoms with Gasteiger partial charge in [-0.2, -0.15) is 5.26 Å². The van der Waals surface area contributed by atoms with Crippen LogP contribution in [-0.4, -0.2) is 5.97 Å². The van der Waals surface area contributed by atoms with Crippen LogP contribution in [0.3, 0.4) is 0 Å². The second kappa shape index (κ2) is 9.64. The third-order valence-electron chi connectivity index (χ3n) is 7.31. The predicted octanol–water partition coefficient (Wildman–Crippen LogP) is 7.02. The number of hydrogen-bond donors (Lipinski definition) is 0. The fourth-order valence-corrected chi connectivity index (χ4v) is 5.67. The number of hydrogen-bond acceptors (Lipinski definition) is 3. The molecule has 0 saturated heterocycles. The summed E-state index contributed by atoms with van der Waals surface area (Å²) in [6.07, 6.45) is 10.7. The zero-order valence-electron chi connectivity index (χ0n) is 18.1. The first-order valence-corrected chi connectivity index (χ1v) is 11.6. The Morgan fingerprint density at radius 2 is 1.81 bits per heavy atom. The summed E-state index contributed by atoms with van der Waals surface area (Å²) in [4.78, 5) is 12.4. The van der Waals surface area contributed by atoms with Crippen molar-refractivity contribution in [3.63, 3.8) is 0 Å². The molecule has 2 aliphatic rings. The number of ether oxygens (including phenoxy) is 1. The molecule has 0 aliphatic heterocycles. The van der Waals surface area contributed by atoms with E-state index in [-0.39, 0.29) is 11.3 Å². The molecular formula is C27H30FNO2. The van der Waals surface area contributed by atoms with Crippen molar-refractivity contribution < 1.29 is 13.9 Å². The highest BCUT2D eigenvalue weighted by atomic mass is 19.1. The van der Waals surface area contributed by atoms with E-state index in [1.807, 2.05) is 24.3 Å². The Morgan fingerprint density at radius 3 is 2.52 bits per heavy atom. The quantitative estimate of drug-likeness (QED) is 0.387. The van der Waals surface area contributed by atoms with Crippen LogP contribution in [0, 0.1) is 34.9 Å². The second-order valence-electron chi connectivity index (χ2n) is 9.26. The molecule has 4 heteroatoms. The molecule has 4 rings (SSSR count). The first-order valence-electron chi connectivity index (χ1n) is 11.6. The van der Waals surface area contributed by atoms with E-state index in [4.69, 9.17) is 10.00 Å². The molecule has 1 unspecified atom stereocenters. The Morgan fingerprint density at radius 1 is 1.06 bits per heavy atom. The standard InChI is InChI=1S/C27H30FNO2/c1-2-3-18-4-5-23-15-22(11-10-21(23)14-18)19-6-8-20(9-7-19)27(30)31-25-13-12-24(17-29)26(28)16-25/h6-9,12-13,16,18,21-23H,2-5,10-11,14-15H2,1H3/t18-,21-,22?,23+/m0/s1. The van der Waals surface area contributed by atoms with Gasteiger partial charge in [-0.15, -0.1) is 0 Å². The van der Waals surface area contributed by atoms with Crippen molar-refractivity contribution >= 4 is 5.97 Å². The van der Waals surface area contributed by atoms with E-state index in [1.165, 1.54) is 69.1 Å². The average molecular weight is 420 g/mol. The molecule has 162 valence electrons. The van der Waals surface area contributed by atoms with Crippen LogP contribution in [0.25, 0.3) is 0 Å². The fourth-order valence-electron chi connectivity index (χ4n) is 5.67. The summed E-state index contributed by atoms with van der Waals surface area (Å²) in [7, 11) is 0. The van der Waals surface area contributed by atoms with E-state index in [1.54, 1.807) is 6.07 Å². The number of carbonyl (C=O) groups is 1. The van der Waals surface area contributed by atoms with E-state index in [0.717, 1.165) is 23.8 Å². The Hall–Kier alpha value is -2.67. The molecular weight excluding hydrogens is 389 g/mol. The molecule has 2 fully saturated rings. The van der Waals surface area contributed by atoms with Gasteiger partial charge in [-0.3, -0.25) is 0 Å². The van der Waals surface area contributed by atoms with Gasteiger partial charge >= 0.3 is 5.97 Å². The van der Waals surface area contributed by atoms with Crippen molar-refractivity contribution in [2.24, 2.45) is 17.8 Å². The molecule has 0 heterocycles. The van der Waals surface area contributed by atoms with Gasteiger partial charge in [-0.05, 0) is 85.6 Å². The molecule has 0 spiro atoms. The third kappa shape index (κ3) is 4.98. The molecule has 0 bridgehead atoms. The molecule has 2 aliphatic carbocycles. The van der Waals surface area contributed by atoms with Crippen LogP contribution in [0.15, 0.2) is 42.5 Å². The van der Waals surface area contributed by atoms with Crippen LogP contribution in [0.2, 0.25) is 0 Å². The van der Waals surface area contributed by atoms with Crippen LogP contribution in [0.5, 0.6) is 5.75 Å². The number of nitriles is 1. The number of benzene rings is 2. The van der Waals surface area contributed by atoms with Gasteiger partial charge in [0.25, 0.3) is 0 Å². The molecule has 0 N–H and O–H groups in total. The van der Waals surface area contributed by atoms with Gasteiger partial charge in [0.2, 0.25) is 0 Å². The topological polar surface area (TPSA) is 50.1 Å². The molecule has 0 aromatic heterocycles. The third-order valence-corrected chi connectivity index (χ3v) is 7.31. The molecule has 4 atom stereocenters. The highest BCUT2D eigenvalue weighted by Gasteiger charge is 2.35. The van der Waals surface area contributed by atoms with Crippen molar-refractivity contribution in [1.82, 2.24) is 0 Å². The number of rotatable bonds is 5. The van der Waals surface area contributed by atoms with Crippen LogP contribution in [0.1, 0.15) is 85.7 Å². The van der Waals surface area contributed by atoms with E-state index in [0.29, 0.717) is 11.5 Å². The van der Waals surface area contributed by atoms with Crippen molar-refractivity contribution in [2.45, 2.75) is 64.2 Å². The van der Waals surface area contributed by atoms with Crippen LogP contribution < -0.4 is 4.74 Å². The maximum absolute atomic E-state index is 13.7. The minimum Gasteiger partial charge on any atom is -0.423 e. The molecule has 0 radical (unpaired) electrons. The number of esters is 1. The predicted molar refractivity (Wildman–Crippen MR) is 118 cm³/mol. The number of halogens is 1. The normalized spacial score (nSPS) is 25.3. The highest BCUT2D eigenvalue weighted by molar-refractivity contribution is 5.91. The lowest BCUT2D eigenvalue weighted by molar-refractivity contribution is 0.0734. The molecule has 0 amide bonds. The monoisotopic (exact) mass is 419 g/mol.